The molecule has 64 valence electrons. The van der Waals surface area contributed by atoms with Crippen LogP contribution in [-0.4, -0.2) is 5.33 Å². The van der Waals surface area contributed by atoms with Gasteiger partial charge in [0.15, 0.2) is 0 Å². The van der Waals surface area contributed by atoms with Crippen LogP contribution in [0, 0.1) is 23.2 Å². The highest BCUT2D eigenvalue weighted by molar-refractivity contribution is 9.09. The van der Waals surface area contributed by atoms with Gasteiger partial charge in [-0.05, 0) is 18.2 Å². The zero-order valence-corrected chi connectivity index (χ0v) is 8.98. The Hall–Kier alpha value is -0.960. The molecule has 0 aliphatic rings. The van der Waals surface area contributed by atoms with Crippen molar-refractivity contribution >= 4 is 27.5 Å². The third-order valence-corrected chi connectivity index (χ3v) is 1.98. The van der Waals surface area contributed by atoms with E-state index < -0.39 is 0 Å². The number of rotatable bonds is 0. The van der Waals surface area contributed by atoms with Crippen LogP contribution in [0.4, 0.5) is 0 Å². The van der Waals surface area contributed by atoms with Crippen molar-refractivity contribution in [2.45, 2.75) is 0 Å². The van der Waals surface area contributed by atoms with Gasteiger partial charge < -0.3 is 0 Å². The second kappa shape index (κ2) is 4.92. The summed E-state index contributed by atoms with van der Waals surface area (Å²) in [6.45, 7) is 0. The molecule has 0 amide bonds. The van der Waals surface area contributed by atoms with Gasteiger partial charge in [0.25, 0.3) is 0 Å². The molecule has 0 radical (unpaired) electrons. The lowest BCUT2D eigenvalue weighted by atomic mass is 10.1. The minimum absolute atomic E-state index is 0.448. The summed E-state index contributed by atoms with van der Waals surface area (Å²) >= 11 is 9.00. The molecule has 0 N–H and O–H groups in total. The van der Waals surface area contributed by atoms with Gasteiger partial charge in [0, 0.05) is 5.56 Å². The van der Waals surface area contributed by atoms with Gasteiger partial charge >= 0.3 is 0 Å². The fourth-order valence-corrected chi connectivity index (χ4v) is 1.18. The van der Waals surface area contributed by atoms with Crippen LogP contribution in [0.3, 0.4) is 0 Å². The highest BCUT2D eigenvalue weighted by atomic mass is 79.9. The monoisotopic (exact) mass is 253 g/mol. The van der Waals surface area contributed by atoms with E-state index in [1.54, 1.807) is 18.2 Å². The van der Waals surface area contributed by atoms with Crippen molar-refractivity contribution in [3.63, 3.8) is 0 Å². The van der Waals surface area contributed by atoms with Crippen LogP contribution in [-0.2, 0) is 0 Å². The summed E-state index contributed by atoms with van der Waals surface area (Å²) in [7, 11) is 0. The first-order chi connectivity index (χ1) is 6.27. The molecule has 0 aromatic heterocycles. The van der Waals surface area contributed by atoms with E-state index in [0.717, 1.165) is 5.56 Å². The van der Waals surface area contributed by atoms with Gasteiger partial charge in [-0.15, -0.1) is 0 Å². The Kier molecular flexibility index (Phi) is 3.83. The molecule has 0 bridgehead atoms. The van der Waals surface area contributed by atoms with Gasteiger partial charge in [-0.3, -0.25) is 0 Å². The third kappa shape index (κ3) is 2.77. The van der Waals surface area contributed by atoms with Gasteiger partial charge in [-0.2, -0.15) is 5.26 Å². The zero-order valence-electron chi connectivity index (χ0n) is 6.64. The van der Waals surface area contributed by atoms with Crippen LogP contribution < -0.4 is 0 Å². The van der Waals surface area contributed by atoms with E-state index in [1.807, 2.05) is 6.07 Å². The average Bonchev–Trinajstić information content (AvgIpc) is 2.15. The van der Waals surface area contributed by atoms with Crippen LogP contribution >= 0.6 is 27.5 Å². The van der Waals surface area contributed by atoms with Crippen LogP contribution in [0.15, 0.2) is 18.2 Å². The Labute approximate surface area is 90.5 Å². The topological polar surface area (TPSA) is 23.8 Å². The molecule has 0 unspecified atom stereocenters. The molecule has 13 heavy (non-hydrogen) atoms. The molecule has 1 nitrogen and oxygen atoms in total. The van der Waals surface area contributed by atoms with Crippen molar-refractivity contribution in [1.29, 1.82) is 5.26 Å². The maximum Gasteiger partial charge on any atom is 0.101 e. The summed E-state index contributed by atoms with van der Waals surface area (Å²) in [5, 5.41) is 9.69. The molecule has 0 heterocycles. The lowest BCUT2D eigenvalue weighted by Crippen LogP contribution is -1.79. The first kappa shape index (κ1) is 10.1. The number of benzene rings is 1. The molecule has 0 saturated heterocycles. The molecule has 1 aromatic carbocycles. The quantitative estimate of drug-likeness (QED) is 0.516. The highest BCUT2D eigenvalue weighted by Gasteiger charge is 1.98. The second-order valence-corrected chi connectivity index (χ2v) is 3.21. The van der Waals surface area contributed by atoms with Crippen molar-refractivity contribution in [3.8, 4) is 17.9 Å². The number of nitriles is 1. The van der Waals surface area contributed by atoms with E-state index in [2.05, 4.69) is 27.8 Å². The van der Waals surface area contributed by atoms with Crippen LogP contribution in [0.25, 0.3) is 0 Å². The lowest BCUT2D eigenvalue weighted by Gasteiger charge is -1.94. The van der Waals surface area contributed by atoms with E-state index in [-0.39, 0.29) is 0 Å². The molecular weight excluding hydrogens is 249 g/mol. The van der Waals surface area contributed by atoms with E-state index in [9.17, 15) is 0 Å². The summed E-state index contributed by atoms with van der Waals surface area (Å²) in [5.41, 5.74) is 1.30. The summed E-state index contributed by atoms with van der Waals surface area (Å²) < 4.78 is 0. The van der Waals surface area contributed by atoms with Crippen molar-refractivity contribution in [2.24, 2.45) is 0 Å². The standard InChI is InChI=1S/C10H5BrClN/c11-5-1-2-8-3-4-9(7-13)10(12)6-8/h3-4,6H,5H2. The number of halogens is 2. The number of nitrogens with zero attached hydrogens (tertiary/aromatic N) is 1. The Morgan fingerprint density at radius 1 is 1.46 bits per heavy atom. The first-order valence-electron chi connectivity index (χ1n) is 3.52. The first-order valence-corrected chi connectivity index (χ1v) is 5.02. The molecular formula is C10H5BrClN. The van der Waals surface area contributed by atoms with Gasteiger partial charge in [0.2, 0.25) is 0 Å². The maximum atomic E-state index is 8.61. The van der Waals surface area contributed by atoms with Crippen molar-refractivity contribution < 1.29 is 0 Å². The Bertz CT molecular complexity index is 409. The van der Waals surface area contributed by atoms with Crippen LogP contribution in [0.1, 0.15) is 11.1 Å². The Balaban J connectivity index is 3.04. The molecule has 0 atom stereocenters. The molecule has 0 fully saturated rings. The van der Waals surface area contributed by atoms with E-state index in [4.69, 9.17) is 16.9 Å². The largest absolute Gasteiger partial charge is 0.192 e. The van der Waals surface area contributed by atoms with Crippen molar-refractivity contribution in [3.05, 3.63) is 34.3 Å². The maximum absolute atomic E-state index is 8.61. The summed E-state index contributed by atoms with van der Waals surface area (Å²) in [4.78, 5) is 0. The number of hydrogen-bond donors (Lipinski definition) is 0. The van der Waals surface area contributed by atoms with Gasteiger partial charge in [-0.1, -0.05) is 39.4 Å². The van der Waals surface area contributed by atoms with Gasteiger partial charge in [0.05, 0.1) is 15.9 Å². The molecule has 0 spiro atoms. The van der Waals surface area contributed by atoms with E-state index in [0.29, 0.717) is 15.9 Å². The van der Waals surface area contributed by atoms with E-state index >= 15 is 0 Å². The molecule has 0 aliphatic carbocycles. The normalized spacial score (nSPS) is 8.38. The number of hydrogen-bond acceptors (Lipinski definition) is 1. The highest BCUT2D eigenvalue weighted by Crippen LogP contribution is 2.16. The molecule has 1 aromatic rings. The molecule has 0 aliphatic heterocycles. The van der Waals surface area contributed by atoms with E-state index in [1.165, 1.54) is 0 Å². The van der Waals surface area contributed by atoms with Gasteiger partial charge in [-0.25, -0.2) is 0 Å². The molecule has 0 saturated carbocycles. The van der Waals surface area contributed by atoms with Crippen LogP contribution in [0.5, 0.6) is 0 Å². The second-order valence-electron chi connectivity index (χ2n) is 2.24. The third-order valence-electron chi connectivity index (χ3n) is 1.39. The minimum atomic E-state index is 0.448. The number of alkyl halides is 1. The SMILES string of the molecule is N#Cc1ccc(C#CCBr)cc1Cl. The Morgan fingerprint density at radius 3 is 2.77 bits per heavy atom. The minimum Gasteiger partial charge on any atom is -0.192 e. The lowest BCUT2D eigenvalue weighted by molar-refractivity contribution is 1.48. The fraction of sp³-hybridized carbons (Fsp3) is 0.100. The zero-order chi connectivity index (χ0) is 9.68. The van der Waals surface area contributed by atoms with Crippen molar-refractivity contribution in [1.82, 2.24) is 0 Å². The average molecular weight is 255 g/mol. The van der Waals surface area contributed by atoms with Gasteiger partial charge in [0.1, 0.15) is 6.07 Å². The van der Waals surface area contributed by atoms with Crippen molar-refractivity contribution in [2.75, 3.05) is 5.33 Å². The predicted molar refractivity (Wildman–Crippen MR) is 56.8 cm³/mol. The summed E-state index contributed by atoms with van der Waals surface area (Å²) in [6, 6.07) is 7.12. The Morgan fingerprint density at radius 2 is 2.23 bits per heavy atom. The summed E-state index contributed by atoms with van der Waals surface area (Å²) in [5.74, 6) is 5.75. The smallest absolute Gasteiger partial charge is 0.101 e. The molecule has 1 rings (SSSR count). The predicted octanol–water partition coefficient (Wildman–Crippen LogP) is 2.96. The fourth-order valence-electron chi connectivity index (χ4n) is 0.819. The summed E-state index contributed by atoms with van der Waals surface area (Å²) in [6.07, 6.45) is 0. The molecule has 3 heteroatoms. The van der Waals surface area contributed by atoms with Crippen LogP contribution in [0.2, 0.25) is 5.02 Å².